The second kappa shape index (κ2) is 64.4. The molecule has 0 saturated carbocycles. The molecule has 0 spiro atoms. The topological polar surface area (TPSA) is 191 Å². The van der Waals surface area contributed by atoms with E-state index in [1.165, 1.54) is 12.8 Å². The Labute approximate surface area is 570 Å². The summed E-state index contributed by atoms with van der Waals surface area (Å²) in [5.41, 5.74) is 1.10. The maximum Gasteiger partial charge on any atom is 0.222 e. The van der Waals surface area contributed by atoms with Gasteiger partial charge in [0.05, 0.1) is 5.69 Å². The van der Waals surface area contributed by atoms with Crippen LogP contribution in [0.5, 0.6) is 0 Å². The molecule has 0 aliphatic carbocycles. The summed E-state index contributed by atoms with van der Waals surface area (Å²) in [5, 5.41) is 13.8. The molecular formula is C79H155N5O8. The van der Waals surface area contributed by atoms with Gasteiger partial charge in [-0.05, 0) is 132 Å². The first-order valence-corrected chi connectivity index (χ1v) is 37.2. The highest BCUT2D eigenvalue weighted by Gasteiger charge is 2.12. The molecular weight excluding hydrogens is 1150 g/mol. The molecule has 0 aliphatic heterocycles. The van der Waals surface area contributed by atoms with E-state index in [0.29, 0.717) is 121 Å². The summed E-state index contributed by atoms with van der Waals surface area (Å²) in [4.78, 5) is 90.4. The van der Waals surface area contributed by atoms with Gasteiger partial charge in [-0.2, -0.15) is 0 Å². The first-order valence-electron chi connectivity index (χ1n) is 37.2. The summed E-state index contributed by atoms with van der Waals surface area (Å²) in [6.45, 7) is 59.0. The lowest BCUT2D eigenvalue weighted by atomic mass is 9.99. The highest BCUT2D eigenvalue weighted by atomic mass is 16.2. The molecule has 1 heterocycles. The molecule has 0 radical (unpaired) electrons. The average molecular weight is 1300 g/mol. The molecule has 13 heteroatoms. The zero-order valence-corrected chi connectivity index (χ0v) is 65.9. The van der Waals surface area contributed by atoms with Crippen LogP contribution in [0.4, 0.5) is 0 Å². The van der Waals surface area contributed by atoms with E-state index in [9.17, 15) is 38.4 Å². The van der Waals surface area contributed by atoms with Gasteiger partial charge >= 0.3 is 0 Å². The Hall–Kier alpha value is -3.90. The van der Waals surface area contributed by atoms with Crippen molar-refractivity contribution in [2.75, 3.05) is 6.54 Å². The van der Waals surface area contributed by atoms with Gasteiger partial charge in [0.15, 0.2) is 0 Å². The average Bonchev–Trinajstić information content (AvgIpc) is 2.16. The SMILES string of the molecule is CC(C)CC(=O)CCCCC(=O)C(C)C.CC(C)CC(=O)CCCCCCC(=O)C(C)C.CC(C)CC(=O)CCCCCCCC(=O)CC(C)C.CC(C)CC(=O)NC(C)C.CC(C)CCC(C)C.CC(C)CCNC(=O)C(C)C.CC(C)Cc1cn(C(C)C)nn1. The predicted molar refractivity (Wildman–Crippen MR) is 394 cm³/mol. The quantitative estimate of drug-likeness (QED) is 0.0595. The lowest BCUT2D eigenvalue weighted by Crippen LogP contribution is -2.30. The van der Waals surface area contributed by atoms with Crippen molar-refractivity contribution in [3.8, 4) is 0 Å². The van der Waals surface area contributed by atoms with Gasteiger partial charge in [0.2, 0.25) is 11.8 Å². The minimum Gasteiger partial charge on any atom is -0.356 e. The summed E-state index contributed by atoms with van der Waals surface area (Å²) in [7, 11) is 0. The zero-order chi connectivity index (χ0) is 72.5. The lowest BCUT2D eigenvalue weighted by molar-refractivity contribution is -0.124. The van der Waals surface area contributed by atoms with E-state index in [-0.39, 0.29) is 35.6 Å². The maximum absolute atomic E-state index is 11.5. The van der Waals surface area contributed by atoms with Crippen LogP contribution in [0.25, 0.3) is 0 Å². The molecule has 0 aromatic carbocycles. The van der Waals surface area contributed by atoms with Crippen LogP contribution in [0.15, 0.2) is 6.20 Å². The Morgan fingerprint density at radius 1 is 0.359 bits per heavy atom. The highest BCUT2D eigenvalue weighted by molar-refractivity contribution is 5.82. The van der Waals surface area contributed by atoms with Crippen LogP contribution in [-0.2, 0) is 44.8 Å². The fraction of sp³-hybridized carbons (Fsp3) is 0.873. The summed E-state index contributed by atoms with van der Waals surface area (Å²) < 4.78 is 1.90. The van der Waals surface area contributed by atoms with Crippen LogP contribution in [0, 0.1) is 71.0 Å². The van der Waals surface area contributed by atoms with Crippen LogP contribution in [0.3, 0.4) is 0 Å². The van der Waals surface area contributed by atoms with Gasteiger partial charge in [0.25, 0.3) is 0 Å². The van der Waals surface area contributed by atoms with Crippen LogP contribution in [0.2, 0.25) is 0 Å². The number of amides is 2. The Balaban J connectivity index is -0.000000238. The normalized spacial score (nSPS) is 11.1. The van der Waals surface area contributed by atoms with E-state index in [0.717, 1.165) is 140 Å². The van der Waals surface area contributed by atoms with Crippen molar-refractivity contribution in [3.05, 3.63) is 11.9 Å². The van der Waals surface area contributed by atoms with E-state index >= 15 is 0 Å². The number of carbonyl (C=O) groups excluding carboxylic acids is 8. The van der Waals surface area contributed by atoms with Crippen LogP contribution < -0.4 is 10.6 Å². The fourth-order valence-electron chi connectivity index (χ4n) is 8.76. The Morgan fingerprint density at radius 2 is 0.663 bits per heavy atom. The molecule has 13 nitrogen and oxygen atoms in total. The summed E-state index contributed by atoms with van der Waals surface area (Å²) in [6.07, 6.45) is 25.9. The zero-order valence-electron chi connectivity index (χ0n) is 65.9. The number of nitrogens with zero attached hydrogens (tertiary/aromatic N) is 3. The minimum absolute atomic E-state index is 0.113. The van der Waals surface area contributed by atoms with Crippen LogP contribution in [0.1, 0.15) is 366 Å². The third-order valence-electron chi connectivity index (χ3n) is 14.1. The number of unbranched alkanes of at least 4 members (excludes halogenated alkanes) is 8. The van der Waals surface area contributed by atoms with Crippen molar-refractivity contribution in [2.45, 2.75) is 373 Å². The number of ketones is 6. The number of carbonyl (C=O) groups is 8. The first-order chi connectivity index (χ1) is 42.5. The van der Waals surface area contributed by atoms with Crippen molar-refractivity contribution in [2.24, 2.45) is 71.0 Å². The van der Waals surface area contributed by atoms with Crippen molar-refractivity contribution in [3.63, 3.8) is 0 Å². The van der Waals surface area contributed by atoms with Gasteiger partial charge in [-0.25, -0.2) is 4.68 Å². The Bertz CT molecular complexity index is 1910. The predicted octanol–water partition coefficient (Wildman–Crippen LogP) is 21.0. The van der Waals surface area contributed by atoms with Gasteiger partial charge in [0, 0.05) is 113 Å². The number of nitrogens with one attached hydrogen (secondary N) is 2. The number of aromatic nitrogens is 3. The number of hydrogen-bond donors (Lipinski definition) is 2. The standard InChI is InChI=1S/C17H32O2.C15H28O2.C13H24O2.C9H17N3.C9H19NO.C8H17NO.C8H18/c1-14(2)12-16(18)10-8-6-5-7-9-11-17(19)13-15(3)4;1-12(2)11-14(16)9-7-5-6-8-10-15(17)13(3)4;1-10(2)9-12(14)7-5-6-8-13(15)11(3)4;1-7(2)5-9-6-12(8(3)4)11-10-9;1-7(2)5-6-10-9(11)8(3)4;1-6(2)5-8(10)9-7(3)4;1-7(2)5-6-8(3)4/h14-15H,5-13H2,1-4H3;12-13H,5-11H2,1-4H3;10-11H,5-9H2,1-4H3;6-8H,5H2,1-4H3;7-8H,5-6H2,1-4H3,(H,10,11);6-7H,5H2,1-4H3,(H,9,10);7-8H,5-6H2,1-4H3. The van der Waals surface area contributed by atoms with Crippen LogP contribution in [-0.4, -0.2) is 74.1 Å². The van der Waals surface area contributed by atoms with Gasteiger partial charge in [-0.1, -0.05) is 216 Å². The minimum atomic E-state index is 0.113. The molecule has 2 N–H and O–H groups in total. The van der Waals surface area contributed by atoms with E-state index in [2.05, 4.69) is 146 Å². The molecule has 0 fully saturated rings. The highest BCUT2D eigenvalue weighted by Crippen LogP contribution is 2.16. The molecule has 0 unspecified atom stereocenters. The largest absolute Gasteiger partial charge is 0.356 e. The van der Waals surface area contributed by atoms with Gasteiger partial charge in [-0.15, -0.1) is 5.10 Å². The van der Waals surface area contributed by atoms with Crippen molar-refractivity contribution in [1.29, 1.82) is 0 Å². The van der Waals surface area contributed by atoms with Crippen molar-refractivity contribution in [1.82, 2.24) is 25.6 Å². The smallest absolute Gasteiger partial charge is 0.222 e. The monoisotopic (exact) mass is 1300 g/mol. The Kier molecular flexibility index (Phi) is 69.5. The molecule has 1 aromatic heterocycles. The van der Waals surface area contributed by atoms with E-state index in [1.54, 1.807) is 0 Å². The van der Waals surface area contributed by atoms with Gasteiger partial charge in [-0.3, -0.25) is 38.4 Å². The summed E-state index contributed by atoms with van der Waals surface area (Å²) in [6, 6.07) is 0.685. The molecule has 1 rings (SSSR count). The number of hydrogen-bond acceptors (Lipinski definition) is 10. The summed E-state index contributed by atoms with van der Waals surface area (Å²) in [5.74, 6) is 8.40. The third kappa shape index (κ3) is 84.1. The third-order valence-corrected chi connectivity index (χ3v) is 14.1. The molecule has 0 aliphatic rings. The second-order valence-corrected chi connectivity index (χ2v) is 31.4. The maximum atomic E-state index is 11.5. The number of Topliss-reactive ketones (excluding diaryl/α,β-unsaturated/α-hetero) is 6. The molecule has 0 bridgehead atoms. The van der Waals surface area contributed by atoms with Crippen LogP contribution >= 0.6 is 0 Å². The second-order valence-electron chi connectivity index (χ2n) is 31.4. The molecule has 92 heavy (non-hydrogen) atoms. The number of rotatable bonds is 43. The first kappa shape index (κ1) is 99.2. The molecule has 1 aromatic rings. The lowest BCUT2D eigenvalue weighted by Gasteiger charge is -2.09. The van der Waals surface area contributed by atoms with E-state index < -0.39 is 0 Å². The van der Waals surface area contributed by atoms with Crippen molar-refractivity contribution >= 4 is 46.5 Å². The fourth-order valence-corrected chi connectivity index (χ4v) is 8.76. The molecule has 2 amide bonds. The van der Waals surface area contributed by atoms with Crippen molar-refractivity contribution < 1.29 is 38.4 Å². The molecule has 544 valence electrons. The molecule has 0 saturated heterocycles. The summed E-state index contributed by atoms with van der Waals surface area (Å²) >= 11 is 0. The van der Waals surface area contributed by atoms with Gasteiger partial charge < -0.3 is 10.6 Å². The van der Waals surface area contributed by atoms with Gasteiger partial charge in [0.1, 0.15) is 34.7 Å². The van der Waals surface area contributed by atoms with E-state index in [1.807, 2.05) is 80.1 Å². The molecule has 0 atom stereocenters. The Morgan fingerprint density at radius 3 is 0.924 bits per heavy atom. The van der Waals surface area contributed by atoms with E-state index in [4.69, 9.17) is 0 Å².